The average Bonchev–Trinajstić information content (AvgIpc) is 3.22. The highest BCUT2D eigenvalue weighted by molar-refractivity contribution is 7.89. The number of carbonyl (C=O) groups is 1. The molecule has 1 fully saturated rings. The first-order chi connectivity index (χ1) is 15.3. The summed E-state index contributed by atoms with van der Waals surface area (Å²) in [7, 11) is -3.55. The summed E-state index contributed by atoms with van der Waals surface area (Å²) in [6.45, 7) is 1.04. The monoisotopic (exact) mass is 479 g/mol. The molecule has 4 rings (SSSR count). The summed E-state index contributed by atoms with van der Waals surface area (Å²) < 4.78 is 32.8. The fraction of sp³-hybridized carbons (Fsp3) is 0.381. The Labute approximate surface area is 190 Å². The number of hydrogen-bond donors (Lipinski definition) is 0. The van der Waals surface area contributed by atoms with Gasteiger partial charge in [-0.25, -0.2) is 8.42 Å². The van der Waals surface area contributed by atoms with E-state index >= 15 is 0 Å². The zero-order valence-electron chi connectivity index (χ0n) is 17.2. The van der Waals surface area contributed by atoms with E-state index in [9.17, 15) is 23.3 Å². The molecule has 0 saturated carbocycles. The quantitative estimate of drug-likeness (QED) is 0.464. The summed E-state index contributed by atoms with van der Waals surface area (Å²) in [5, 5.41) is 11.4. The van der Waals surface area contributed by atoms with Crippen LogP contribution < -0.4 is 9.64 Å². The van der Waals surface area contributed by atoms with Crippen molar-refractivity contribution in [2.24, 2.45) is 0 Å². The first kappa shape index (κ1) is 22.5. The second-order valence-electron chi connectivity index (χ2n) is 7.71. The molecule has 170 valence electrons. The number of anilines is 1. The largest absolute Gasteiger partial charge is 0.477 e. The average molecular weight is 480 g/mol. The SMILES string of the molecule is O=C(COc1ccc(Cl)cc1[N+](=O)[O-])N1CCc2cc(S(=O)(=O)N3CCCCC3)ccc21. The third-order valence-corrected chi connectivity index (χ3v) is 7.80. The number of amides is 1. The molecule has 2 aromatic rings. The zero-order chi connectivity index (χ0) is 22.9. The number of benzene rings is 2. The molecular weight excluding hydrogens is 458 g/mol. The molecular formula is C21H22ClN3O6S. The highest BCUT2D eigenvalue weighted by Gasteiger charge is 2.30. The van der Waals surface area contributed by atoms with Crippen molar-refractivity contribution in [3.05, 3.63) is 57.1 Å². The lowest BCUT2D eigenvalue weighted by molar-refractivity contribution is -0.385. The Hall–Kier alpha value is -2.69. The predicted octanol–water partition coefficient (Wildman–Crippen LogP) is 3.39. The van der Waals surface area contributed by atoms with Gasteiger partial charge in [0, 0.05) is 36.4 Å². The lowest BCUT2D eigenvalue weighted by atomic mass is 10.2. The van der Waals surface area contributed by atoms with E-state index < -0.39 is 21.6 Å². The molecule has 11 heteroatoms. The molecule has 9 nitrogen and oxygen atoms in total. The van der Waals surface area contributed by atoms with Crippen molar-refractivity contribution < 1.29 is 22.9 Å². The number of nitro groups is 1. The molecule has 0 radical (unpaired) electrons. The number of carbonyl (C=O) groups excluding carboxylic acids is 1. The molecule has 0 unspecified atom stereocenters. The summed E-state index contributed by atoms with van der Waals surface area (Å²) in [6, 6.07) is 8.77. The topological polar surface area (TPSA) is 110 Å². The highest BCUT2D eigenvalue weighted by atomic mass is 35.5. The van der Waals surface area contributed by atoms with Crippen molar-refractivity contribution >= 4 is 38.9 Å². The van der Waals surface area contributed by atoms with E-state index in [2.05, 4.69) is 0 Å². The third-order valence-electron chi connectivity index (χ3n) is 5.67. The standard InChI is InChI=1S/C21H22ClN3O6S/c22-16-4-7-20(19(13-16)25(27)28)31-14-21(26)24-11-8-15-12-17(5-6-18(15)24)32(29,30)23-9-2-1-3-10-23/h4-7,12-13H,1-3,8-11,14H2. The minimum Gasteiger partial charge on any atom is -0.477 e. The van der Waals surface area contributed by atoms with Gasteiger partial charge in [-0.1, -0.05) is 18.0 Å². The minimum atomic E-state index is -3.55. The number of ether oxygens (including phenoxy) is 1. The molecule has 32 heavy (non-hydrogen) atoms. The maximum atomic E-state index is 12.9. The van der Waals surface area contributed by atoms with Crippen LogP contribution in [0.5, 0.6) is 5.75 Å². The van der Waals surface area contributed by atoms with Crippen LogP contribution in [0.15, 0.2) is 41.3 Å². The van der Waals surface area contributed by atoms with Gasteiger partial charge in [0.2, 0.25) is 10.0 Å². The summed E-state index contributed by atoms with van der Waals surface area (Å²) in [5.74, 6) is -0.422. The van der Waals surface area contributed by atoms with Gasteiger partial charge in [0.1, 0.15) is 0 Å². The summed E-state index contributed by atoms with van der Waals surface area (Å²) >= 11 is 5.80. The molecule has 2 aliphatic heterocycles. The van der Waals surface area contributed by atoms with E-state index in [1.54, 1.807) is 12.1 Å². The van der Waals surface area contributed by atoms with Crippen LogP contribution >= 0.6 is 11.6 Å². The maximum Gasteiger partial charge on any atom is 0.312 e. The molecule has 0 N–H and O–H groups in total. The normalized spacial score (nSPS) is 16.6. The number of hydrogen-bond acceptors (Lipinski definition) is 6. The Kier molecular flexibility index (Phi) is 6.36. The Balaban J connectivity index is 1.48. The lowest BCUT2D eigenvalue weighted by Crippen LogP contribution is -2.35. The lowest BCUT2D eigenvalue weighted by Gasteiger charge is -2.26. The van der Waals surface area contributed by atoms with E-state index in [4.69, 9.17) is 16.3 Å². The highest BCUT2D eigenvalue weighted by Crippen LogP contribution is 2.33. The van der Waals surface area contributed by atoms with Gasteiger partial charge >= 0.3 is 5.69 Å². The summed E-state index contributed by atoms with van der Waals surface area (Å²) in [4.78, 5) is 25.0. The van der Waals surface area contributed by atoms with Crippen LogP contribution in [0.1, 0.15) is 24.8 Å². The van der Waals surface area contributed by atoms with Crippen molar-refractivity contribution in [2.75, 3.05) is 31.1 Å². The van der Waals surface area contributed by atoms with E-state index in [1.807, 2.05) is 0 Å². The molecule has 0 bridgehead atoms. The fourth-order valence-electron chi connectivity index (χ4n) is 4.02. The van der Waals surface area contributed by atoms with E-state index in [0.29, 0.717) is 31.7 Å². The van der Waals surface area contributed by atoms with Crippen LogP contribution in [0.4, 0.5) is 11.4 Å². The van der Waals surface area contributed by atoms with Crippen LogP contribution in [0.25, 0.3) is 0 Å². The van der Waals surface area contributed by atoms with Gasteiger partial charge in [0.25, 0.3) is 5.91 Å². The van der Waals surface area contributed by atoms with Crippen molar-refractivity contribution in [3.8, 4) is 5.75 Å². The number of fused-ring (bicyclic) bond motifs is 1. The number of halogens is 1. The molecule has 2 aliphatic rings. The minimum absolute atomic E-state index is 0.0462. The van der Waals surface area contributed by atoms with Crippen LogP contribution in [-0.4, -0.2) is 49.8 Å². The smallest absolute Gasteiger partial charge is 0.312 e. The van der Waals surface area contributed by atoms with Crippen LogP contribution in [0.3, 0.4) is 0 Å². The number of rotatable bonds is 6. The Morgan fingerprint density at radius 1 is 1.09 bits per heavy atom. The molecule has 2 aromatic carbocycles. The Morgan fingerprint density at radius 2 is 1.84 bits per heavy atom. The van der Waals surface area contributed by atoms with Gasteiger partial charge in [-0.2, -0.15) is 4.31 Å². The first-order valence-electron chi connectivity index (χ1n) is 10.3. The number of piperidine rings is 1. The van der Waals surface area contributed by atoms with Crippen molar-refractivity contribution in [2.45, 2.75) is 30.6 Å². The van der Waals surface area contributed by atoms with Crippen LogP contribution in [-0.2, 0) is 21.2 Å². The van der Waals surface area contributed by atoms with Gasteiger partial charge < -0.3 is 9.64 Å². The molecule has 0 aromatic heterocycles. The van der Waals surface area contributed by atoms with E-state index in [-0.39, 0.29) is 27.3 Å². The first-order valence-corrected chi connectivity index (χ1v) is 12.1. The predicted molar refractivity (Wildman–Crippen MR) is 119 cm³/mol. The van der Waals surface area contributed by atoms with Crippen LogP contribution in [0, 0.1) is 10.1 Å². The molecule has 0 atom stereocenters. The molecule has 1 amide bonds. The van der Waals surface area contributed by atoms with Gasteiger partial charge in [0.05, 0.1) is 9.82 Å². The zero-order valence-corrected chi connectivity index (χ0v) is 18.8. The number of sulfonamides is 1. The van der Waals surface area contributed by atoms with Gasteiger partial charge in [-0.15, -0.1) is 0 Å². The maximum absolute atomic E-state index is 12.9. The third kappa shape index (κ3) is 4.43. The summed E-state index contributed by atoms with van der Waals surface area (Å²) in [6.07, 6.45) is 3.27. The number of nitrogens with zero attached hydrogens (tertiary/aromatic N) is 3. The Morgan fingerprint density at radius 3 is 2.56 bits per heavy atom. The van der Waals surface area contributed by atoms with Gasteiger partial charge in [-0.3, -0.25) is 14.9 Å². The van der Waals surface area contributed by atoms with Crippen LogP contribution in [0.2, 0.25) is 5.02 Å². The van der Waals surface area contributed by atoms with Gasteiger partial charge in [0.15, 0.2) is 12.4 Å². The molecule has 0 spiro atoms. The second-order valence-corrected chi connectivity index (χ2v) is 10.1. The van der Waals surface area contributed by atoms with E-state index in [1.165, 1.54) is 27.4 Å². The summed E-state index contributed by atoms with van der Waals surface area (Å²) in [5.41, 5.74) is 1.08. The number of nitro benzene ring substituents is 1. The van der Waals surface area contributed by atoms with E-state index in [0.717, 1.165) is 30.9 Å². The molecule has 2 heterocycles. The van der Waals surface area contributed by atoms with Crippen molar-refractivity contribution in [1.29, 1.82) is 0 Å². The molecule has 1 saturated heterocycles. The second kappa shape index (κ2) is 9.05. The Bertz CT molecular complexity index is 1160. The van der Waals surface area contributed by atoms with Gasteiger partial charge in [-0.05, 0) is 55.2 Å². The fourth-order valence-corrected chi connectivity index (χ4v) is 5.76. The van der Waals surface area contributed by atoms with Crippen molar-refractivity contribution in [1.82, 2.24) is 4.31 Å². The van der Waals surface area contributed by atoms with Crippen molar-refractivity contribution in [3.63, 3.8) is 0 Å². The molecule has 0 aliphatic carbocycles.